The molecule has 1 saturated carbocycles. The molecular formula is C15H13Br2NO3. The van der Waals surface area contributed by atoms with Crippen LogP contribution >= 0.6 is 31.9 Å². The van der Waals surface area contributed by atoms with E-state index in [9.17, 15) is 4.79 Å². The van der Waals surface area contributed by atoms with Gasteiger partial charge in [0, 0.05) is 22.0 Å². The minimum atomic E-state index is -0.572. The van der Waals surface area contributed by atoms with Crippen LogP contribution in [0.3, 0.4) is 0 Å². The number of hydrogen-bond donors (Lipinski definition) is 0. The van der Waals surface area contributed by atoms with Crippen molar-refractivity contribution in [3.05, 3.63) is 33.3 Å². The number of carbonyl (C=O) groups is 1. The lowest BCUT2D eigenvalue weighted by atomic mass is 10.2. The van der Waals surface area contributed by atoms with Crippen molar-refractivity contribution in [1.29, 1.82) is 0 Å². The van der Waals surface area contributed by atoms with Crippen molar-refractivity contribution in [2.75, 3.05) is 7.11 Å². The second-order valence-electron chi connectivity index (χ2n) is 4.97. The summed E-state index contributed by atoms with van der Waals surface area (Å²) in [5.74, 6) is 0.472. The van der Waals surface area contributed by atoms with Gasteiger partial charge in [-0.05, 0) is 40.9 Å². The smallest absolute Gasteiger partial charge is 0.347 e. The molecule has 2 aromatic rings. The fourth-order valence-electron chi connectivity index (χ4n) is 2.24. The van der Waals surface area contributed by atoms with Gasteiger partial charge in [0.1, 0.15) is 5.52 Å². The monoisotopic (exact) mass is 413 g/mol. The lowest BCUT2D eigenvalue weighted by Crippen LogP contribution is -2.30. The van der Waals surface area contributed by atoms with Gasteiger partial charge in [-0.15, -0.1) is 0 Å². The Kier molecular flexibility index (Phi) is 4.17. The molecule has 1 aromatic heterocycles. The van der Waals surface area contributed by atoms with Crippen molar-refractivity contribution >= 4 is 48.7 Å². The number of hydrogen-bond acceptors (Lipinski definition) is 4. The van der Waals surface area contributed by atoms with Crippen LogP contribution < -0.4 is 4.74 Å². The molecule has 0 N–H and O–H groups in total. The summed E-state index contributed by atoms with van der Waals surface area (Å²) in [6.07, 6.45) is 3.11. The van der Waals surface area contributed by atoms with E-state index >= 15 is 0 Å². The van der Waals surface area contributed by atoms with Crippen LogP contribution in [0.15, 0.2) is 33.3 Å². The molecule has 3 rings (SSSR count). The maximum absolute atomic E-state index is 11.9. The van der Waals surface area contributed by atoms with Gasteiger partial charge in [-0.2, -0.15) is 0 Å². The molecule has 1 unspecified atom stereocenters. The maximum atomic E-state index is 11.9. The summed E-state index contributed by atoms with van der Waals surface area (Å²) >= 11 is 7.00. The average molecular weight is 415 g/mol. The second-order valence-corrected chi connectivity index (χ2v) is 6.68. The molecule has 0 spiro atoms. The van der Waals surface area contributed by atoms with E-state index in [0.29, 0.717) is 11.3 Å². The van der Waals surface area contributed by atoms with Crippen LogP contribution in [0.1, 0.15) is 12.8 Å². The van der Waals surface area contributed by atoms with Gasteiger partial charge in [0.25, 0.3) is 0 Å². The van der Waals surface area contributed by atoms with Crippen molar-refractivity contribution in [2.45, 2.75) is 18.9 Å². The maximum Gasteiger partial charge on any atom is 0.347 e. The Bertz CT molecular complexity index is 701. The summed E-state index contributed by atoms with van der Waals surface area (Å²) in [4.78, 5) is 16.3. The number of pyridine rings is 1. The van der Waals surface area contributed by atoms with Crippen LogP contribution in [-0.2, 0) is 9.53 Å². The Morgan fingerprint density at radius 3 is 2.81 bits per heavy atom. The number of nitrogens with zero attached hydrogens (tertiary/aromatic N) is 1. The number of carbonyl (C=O) groups excluding carboxylic acids is 1. The highest BCUT2D eigenvalue weighted by Crippen LogP contribution is 2.41. The predicted molar refractivity (Wildman–Crippen MR) is 86.3 cm³/mol. The lowest BCUT2D eigenvalue weighted by Gasteiger charge is -2.18. The molecule has 1 heterocycles. The van der Waals surface area contributed by atoms with Crippen LogP contribution in [0.2, 0.25) is 0 Å². The Balaban J connectivity index is 2.05. The molecule has 0 aliphatic heterocycles. The van der Waals surface area contributed by atoms with E-state index in [0.717, 1.165) is 27.2 Å². The van der Waals surface area contributed by atoms with Crippen molar-refractivity contribution in [2.24, 2.45) is 5.92 Å². The zero-order valence-corrected chi connectivity index (χ0v) is 14.5. The third-order valence-electron chi connectivity index (χ3n) is 3.48. The summed E-state index contributed by atoms with van der Waals surface area (Å²) in [6.45, 7) is 0. The SMILES string of the molecule is COC(=O)C(Oc1c(Br)cc(Br)c2cccnc12)C1CC1. The van der Waals surface area contributed by atoms with Crippen molar-refractivity contribution < 1.29 is 14.3 Å². The fraction of sp³-hybridized carbons (Fsp3) is 0.333. The van der Waals surface area contributed by atoms with Crippen molar-refractivity contribution in [3.8, 4) is 5.75 Å². The average Bonchev–Trinajstić information content (AvgIpc) is 3.31. The van der Waals surface area contributed by atoms with Gasteiger partial charge in [-0.3, -0.25) is 4.98 Å². The van der Waals surface area contributed by atoms with Crippen LogP contribution in [0.4, 0.5) is 0 Å². The van der Waals surface area contributed by atoms with Gasteiger partial charge in [-0.25, -0.2) is 4.79 Å². The van der Waals surface area contributed by atoms with Gasteiger partial charge in [0.2, 0.25) is 0 Å². The van der Waals surface area contributed by atoms with Gasteiger partial charge in [-0.1, -0.05) is 22.0 Å². The first kappa shape index (κ1) is 14.8. The number of fused-ring (bicyclic) bond motifs is 1. The molecule has 1 fully saturated rings. The topological polar surface area (TPSA) is 48.4 Å². The van der Waals surface area contributed by atoms with E-state index in [1.165, 1.54) is 7.11 Å². The normalized spacial score (nSPS) is 15.8. The minimum Gasteiger partial charge on any atom is -0.475 e. The van der Waals surface area contributed by atoms with E-state index in [1.54, 1.807) is 6.20 Å². The first-order chi connectivity index (χ1) is 10.1. The number of ether oxygens (including phenoxy) is 2. The predicted octanol–water partition coefficient (Wildman–Crippen LogP) is 4.09. The highest BCUT2D eigenvalue weighted by Gasteiger charge is 2.39. The van der Waals surface area contributed by atoms with Crippen LogP contribution in [-0.4, -0.2) is 24.2 Å². The number of aromatic nitrogens is 1. The molecule has 0 bridgehead atoms. The van der Waals surface area contributed by atoms with Gasteiger partial charge in [0.05, 0.1) is 11.6 Å². The Morgan fingerprint density at radius 1 is 1.38 bits per heavy atom. The number of benzene rings is 1. The third-order valence-corrected chi connectivity index (χ3v) is 4.72. The highest BCUT2D eigenvalue weighted by molar-refractivity contribution is 9.11. The van der Waals surface area contributed by atoms with Crippen molar-refractivity contribution in [1.82, 2.24) is 4.98 Å². The van der Waals surface area contributed by atoms with Gasteiger partial charge >= 0.3 is 5.97 Å². The molecule has 0 radical (unpaired) electrons. The number of esters is 1. The summed E-state index contributed by atoms with van der Waals surface area (Å²) in [7, 11) is 1.38. The molecule has 6 heteroatoms. The van der Waals surface area contributed by atoms with E-state index in [2.05, 4.69) is 36.8 Å². The van der Waals surface area contributed by atoms with E-state index < -0.39 is 6.10 Å². The molecule has 0 saturated heterocycles. The molecule has 21 heavy (non-hydrogen) atoms. The van der Waals surface area contributed by atoms with Crippen LogP contribution in [0.5, 0.6) is 5.75 Å². The summed E-state index contributed by atoms with van der Waals surface area (Å²) in [5.41, 5.74) is 0.716. The third kappa shape index (κ3) is 2.92. The first-order valence-corrected chi connectivity index (χ1v) is 8.17. The Morgan fingerprint density at radius 2 is 2.14 bits per heavy atom. The number of rotatable bonds is 4. The second kappa shape index (κ2) is 5.93. The zero-order chi connectivity index (χ0) is 15.0. The standard InChI is InChI=1S/C15H13Br2NO3/c1-20-15(19)13(8-4-5-8)21-14-11(17)7-10(16)9-3-2-6-18-12(9)14/h2-3,6-8,13H,4-5H2,1H3. The van der Waals surface area contributed by atoms with Crippen LogP contribution in [0, 0.1) is 5.92 Å². The molecule has 1 aliphatic rings. The summed E-state index contributed by atoms with van der Waals surface area (Å²) in [5, 5.41) is 0.940. The van der Waals surface area contributed by atoms with E-state index in [4.69, 9.17) is 9.47 Å². The Labute approximate surface area is 139 Å². The summed E-state index contributed by atoms with van der Waals surface area (Å²) < 4.78 is 12.5. The molecule has 4 nitrogen and oxygen atoms in total. The molecule has 110 valence electrons. The number of methoxy groups -OCH3 is 1. The van der Waals surface area contributed by atoms with Gasteiger partial charge < -0.3 is 9.47 Å². The first-order valence-electron chi connectivity index (χ1n) is 6.59. The Hall–Kier alpha value is -1.14. The van der Waals surface area contributed by atoms with Crippen LogP contribution in [0.25, 0.3) is 10.9 Å². The highest BCUT2D eigenvalue weighted by atomic mass is 79.9. The fourth-order valence-corrected chi connectivity index (χ4v) is 3.60. The molecule has 0 amide bonds. The van der Waals surface area contributed by atoms with E-state index in [-0.39, 0.29) is 11.9 Å². The number of halogens is 2. The quantitative estimate of drug-likeness (QED) is 0.707. The largest absolute Gasteiger partial charge is 0.475 e. The van der Waals surface area contributed by atoms with Crippen molar-refractivity contribution in [3.63, 3.8) is 0 Å². The molecular weight excluding hydrogens is 402 g/mol. The molecule has 1 aliphatic carbocycles. The summed E-state index contributed by atoms with van der Waals surface area (Å²) in [6, 6.07) is 5.72. The van der Waals surface area contributed by atoms with E-state index in [1.807, 2.05) is 18.2 Å². The zero-order valence-electron chi connectivity index (χ0n) is 11.3. The molecule has 1 aromatic carbocycles. The lowest BCUT2D eigenvalue weighted by molar-refractivity contribution is -0.149. The van der Waals surface area contributed by atoms with Gasteiger partial charge in [0.15, 0.2) is 11.9 Å². The molecule has 1 atom stereocenters. The minimum absolute atomic E-state index is 0.228.